The van der Waals surface area contributed by atoms with Gasteiger partial charge in [-0.15, -0.1) is 0 Å². The van der Waals surface area contributed by atoms with Gasteiger partial charge in [0.2, 0.25) is 0 Å². The fraction of sp³-hybridized carbons (Fsp3) is 0.235. The zero-order valence-corrected chi connectivity index (χ0v) is 11.2. The first-order chi connectivity index (χ1) is 9.66. The third kappa shape index (κ3) is 2.20. The summed E-state index contributed by atoms with van der Waals surface area (Å²) < 4.78 is 19.2. The van der Waals surface area contributed by atoms with Crippen LogP contribution in [0, 0.1) is 12.7 Å². The van der Waals surface area contributed by atoms with Crippen molar-refractivity contribution in [1.82, 2.24) is 0 Å². The normalized spacial score (nSPS) is 17.2. The van der Waals surface area contributed by atoms with Crippen molar-refractivity contribution in [3.8, 4) is 5.75 Å². The molecule has 0 N–H and O–H groups in total. The highest BCUT2D eigenvalue weighted by molar-refractivity contribution is 6.01. The van der Waals surface area contributed by atoms with Crippen LogP contribution in [0.2, 0.25) is 0 Å². The van der Waals surface area contributed by atoms with Crippen LogP contribution in [0.1, 0.15) is 33.8 Å². The van der Waals surface area contributed by atoms with E-state index in [0.717, 1.165) is 11.3 Å². The topological polar surface area (TPSA) is 26.3 Å². The van der Waals surface area contributed by atoms with E-state index in [1.54, 1.807) is 19.1 Å². The number of fused-ring (bicyclic) bond motifs is 1. The number of hydrogen-bond acceptors (Lipinski definition) is 2. The van der Waals surface area contributed by atoms with Gasteiger partial charge in [-0.1, -0.05) is 30.3 Å². The molecule has 0 aromatic heterocycles. The smallest absolute Gasteiger partial charge is 0.170 e. The summed E-state index contributed by atoms with van der Waals surface area (Å²) in [6.45, 7) is 2.20. The molecule has 3 heteroatoms. The van der Waals surface area contributed by atoms with Crippen molar-refractivity contribution in [2.75, 3.05) is 6.61 Å². The maximum Gasteiger partial charge on any atom is 0.170 e. The van der Waals surface area contributed by atoms with Crippen molar-refractivity contribution in [3.63, 3.8) is 0 Å². The number of halogens is 1. The van der Waals surface area contributed by atoms with Gasteiger partial charge in [0, 0.05) is 11.1 Å². The first kappa shape index (κ1) is 12.9. The SMILES string of the molecule is Cc1ccc(C(=O)C2CCOc3ccccc32)cc1F. The van der Waals surface area contributed by atoms with Gasteiger partial charge in [-0.3, -0.25) is 4.79 Å². The van der Waals surface area contributed by atoms with Gasteiger partial charge in [-0.2, -0.15) is 0 Å². The Balaban J connectivity index is 1.97. The average Bonchev–Trinajstić information content (AvgIpc) is 2.49. The summed E-state index contributed by atoms with van der Waals surface area (Å²) in [6, 6.07) is 12.2. The van der Waals surface area contributed by atoms with Gasteiger partial charge in [0.05, 0.1) is 12.5 Å². The largest absolute Gasteiger partial charge is 0.493 e. The second kappa shape index (κ2) is 5.08. The Morgan fingerprint density at radius 1 is 1.25 bits per heavy atom. The van der Waals surface area contributed by atoms with E-state index in [2.05, 4.69) is 0 Å². The number of para-hydroxylation sites is 1. The number of benzene rings is 2. The maximum absolute atomic E-state index is 13.6. The number of hydrogen-bond donors (Lipinski definition) is 0. The van der Waals surface area contributed by atoms with E-state index in [-0.39, 0.29) is 17.5 Å². The second-order valence-corrected chi connectivity index (χ2v) is 5.06. The molecule has 0 saturated carbocycles. The molecule has 0 spiro atoms. The van der Waals surface area contributed by atoms with Gasteiger partial charge >= 0.3 is 0 Å². The standard InChI is InChI=1S/C17H15FO2/c1-11-6-7-12(10-15(11)18)17(19)14-8-9-20-16-5-3-2-4-13(14)16/h2-7,10,14H,8-9H2,1H3. The second-order valence-electron chi connectivity index (χ2n) is 5.06. The summed E-state index contributed by atoms with van der Waals surface area (Å²) in [5.41, 5.74) is 1.87. The maximum atomic E-state index is 13.6. The fourth-order valence-electron chi connectivity index (χ4n) is 2.56. The van der Waals surface area contributed by atoms with Gasteiger partial charge in [0.15, 0.2) is 5.78 Å². The van der Waals surface area contributed by atoms with Crippen LogP contribution in [-0.4, -0.2) is 12.4 Å². The van der Waals surface area contributed by atoms with Gasteiger partial charge < -0.3 is 4.74 Å². The molecule has 0 aliphatic carbocycles. The first-order valence-electron chi connectivity index (χ1n) is 6.69. The van der Waals surface area contributed by atoms with E-state index in [1.807, 2.05) is 24.3 Å². The minimum absolute atomic E-state index is 0.0420. The van der Waals surface area contributed by atoms with Crippen molar-refractivity contribution in [2.45, 2.75) is 19.3 Å². The van der Waals surface area contributed by atoms with Crippen LogP contribution in [0.3, 0.4) is 0 Å². The number of rotatable bonds is 2. The number of ketones is 1. The average molecular weight is 270 g/mol. The summed E-state index contributed by atoms with van der Waals surface area (Å²) >= 11 is 0. The molecule has 0 radical (unpaired) electrons. The Labute approximate surface area is 117 Å². The van der Waals surface area contributed by atoms with Gasteiger partial charge in [-0.05, 0) is 31.0 Å². The molecular weight excluding hydrogens is 255 g/mol. The molecule has 2 aromatic rings. The molecule has 1 aliphatic heterocycles. The highest BCUT2D eigenvalue weighted by Gasteiger charge is 2.28. The minimum Gasteiger partial charge on any atom is -0.493 e. The van der Waals surface area contributed by atoms with Crippen LogP contribution in [-0.2, 0) is 0 Å². The Morgan fingerprint density at radius 2 is 2.05 bits per heavy atom. The highest BCUT2D eigenvalue weighted by atomic mass is 19.1. The molecule has 0 bridgehead atoms. The van der Waals surface area contributed by atoms with Crippen LogP contribution in [0.5, 0.6) is 5.75 Å². The number of Topliss-reactive ketones (excluding diaryl/α,β-unsaturated/α-hetero) is 1. The van der Waals surface area contributed by atoms with Crippen molar-refractivity contribution in [2.24, 2.45) is 0 Å². The molecule has 1 atom stereocenters. The Morgan fingerprint density at radius 3 is 2.85 bits per heavy atom. The highest BCUT2D eigenvalue weighted by Crippen LogP contribution is 2.35. The Bertz CT molecular complexity index is 664. The van der Waals surface area contributed by atoms with E-state index in [4.69, 9.17) is 4.74 Å². The van der Waals surface area contributed by atoms with Gasteiger partial charge in [-0.25, -0.2) is 4.39 Å². The zero-order chi connectivity index (χ0) is 14.1. The summed E-state index contributed by atoms with van der Waals surface area (Å²) in [7, 11) is 0. The number of ether oxygens (including phenoxy) is 1. The van der Waals surface area contributed by atoms with E-state index in [9.17, 15) is 9.18 Å². The predicted octanol–water partition coefficient (Wildman–Crippen LogP) is 3.88. The van der Waals surface area contributed by atoms with Crippen LogP contribution in [0.4, 0.5) is 4.39 Å². The fourth-order valence-corrected chi connectivity index (χ4v) is 2.56. The lowest BCUT2D eigenvalue weighted by molar-refractivity contribution is 0.0932. The Hall–Kier alpha value is -2.16. The van der Waals surface area contributed by atoms with E-state index in [0.29, 0.717) is 24.2 Å². The number of carbonyl (C=O) groups is 1. The predicted molar refractivity (Wildman–Crippen MR) is 74.8 cm³/mol. The molecule has 3 rings (SSSR count). The third-order valence-electron chi connectivity index (χ3n) is 3.73. The molecule has 102 valence electrons. The minimum atomic E-state index is -0.337. The van der Waals surface area contributed by atoms with Crippen molar-refractivity contribution < 1.29 is 13.9 Å². The molecule has 1 unspecified atom stereocenters. The van der Waals surface area contributed by atoms with Crippen LogP contribution in [0.25, 0.3) is 0 Å². The van der Waals surface area contributed by atoms with Crippen LogP contribution >= 0.6 is 0 Å². The summed E-state index contributed by atoms with van der Waals surface area (Å²) in [5.74, 6) is 0.127. The molecule has 2 nitrogen and oxygen atoms in total. The molecule has 0 fully saturated rings. The molecule has 20 heavy (non-hydrogen) atoms. The first-order valence-corrected chi connectivity index (χ1v) is 6.69. The molecule has 1 aliphatic rings. The quantitative estimate of drug-likeness (QED) is 0.774. The Kier molecular flexibility index (Phi) is 3.26. The van der Waals surface area contributed by atoms with Gasteiger partial charge in [0.25, 0.3) is 0 Å². The summed E-state index contributed by atoms with van der Waals surface area (Å²) in [4.78, 5) is 12.6. The monoisotopic (exact) mass is 270 g/mol. The number of carbonyl (C=O) groups excluding carboxylic acids is 1. The summed E-state index contributed by atoms with van der Waals surface area (Å²) in [5, 5.41) is 0. The van der Waals surface area contributed by atoms with E-state index < -0.39 is 0 Å². The molecule has 2 aromatic carbocycles. The lowest BCUT2D eigenvalue weighted by Gasteiger charge is -2.24. The molecular formula is C17H15FO2. The molecule has 0 saturated heterocycles. The zero-order valence-electron chi connectivity index (χ0n) is 11.2. The lowest BCUT2D eigenvalue weighted by Crippen LogP contribution is -2.21. The van der Waals surface area contributed by atoms with Crippen LogP contribution < -0.4 is 4.74 Å². The van der Waals surface area contributed by atoms with Crippen molar-refractivity contribution in [1.29, 1.82) is 0 Å². The molecule has 0 amide bonds. The third-order valence-corrected chi connectivity index (χ3v) is 3.73. The van der Waals surface area contributed by atoms with Crippen LogP contribution in [0.15, 0.2) is 42.5 Å². The van der Waals surface area contributed by atoms with E-state index >= 15 is 0 Å². The number of aryl methyl sites for hydroxylation is 1. The molecule has 1 heterocycles. The van der Waals surface area contributed by atoms with E-state index in [1.165, 1.54) is 6.07 Å². The van der Waals surface area contributed by atoms with Crippen molar-refractivity contribution in [3.05, 3.63) is 65.0 Å². The summed E-state index contributed by atoms with van der Waals surface area (Å²) in [6.07, 6.45) is 0.630. The van der Waals surface area contributed by atoms with Gasteiger partial charge in [0.1, 0.15) is 11.6 Å². The lowest BCUT2D eigenvalue weighted by atomic mass is 9.86. The van der Waals surface area contributed by atoms with Crippen molar-refractivity contribution >= 4 is 5.78 Å².